The SMILES string of the molecule is CSCCC(NC(=O)CC1CSCCN1)c1nnc2ccccn12.Cl.Cl. The maximum Gasteiger partial charge on any atom is 0.222 e. The van der Waals surface area contributed by atoms with Crippen molar-refractivity contribution in [2.24, 2.45) is 0 Å². The van der Waals surface area contributed by atoms with E-state index >= 15 is 0 Å². The van der Waals surface area contributed by atoms with Crippen LogP contribution in [-0.2, 0) is 4.79 Å². The Bertz CT molecular complexity index is 681. The fourth-order valence-electron chi connectivity index (χ4n) is 2.83. The van der Waals surface area contributed by atoms with Crippen LogP contribution in [0.2, 0.25) is 0 Å². The molecule has 2 unspecified atom stereocenters. The summed E-state index contributed by atoms with van der Waals surface area (Å²) in [6, 6.07) is 5.97. The molecule has 6 nitrogen and oxygen atoms in total. The van der Waals surface area contributed by atoms with Crippen LogP contribution < -0.4 is 10.6 Å². The van der Waals surface area contributed by atoms with Crippen LogP contribution in [0.1, 0.15) is 24.7 Å². The van der Waals surface area contributed by atoms with E-state index in [-0.39, 0.29) is 42.8 Å². The van der Waals surface area contributed by atoms with Crippen LogP contribution in [0.3, 0.4) is 0 Å². The lowest BCUT2D eigenvalue weighted by Gasteiger charge is -2.24. The summed E-state index contributed by atoms with van der Waals surface area (Å²) in [6.07, 6.45) is 5.38. The van der Waals surface area contributed by atoms with Gasteiger partial charge in [-0.3, -0.25) is 9.20 Å². The number of halogens is 2. The lowest BCUT2D eigenvalue weighted by Crippen LogP contribution is -2.42. The molecule has 0 aromatic carbocycles. The van der Waals surface area contributed by atoms with Gasteiger partial charge in [-0.2, -0.15) is 23.5 Å². The van der Waals surface area contributed by atoms with Crippen molar-refractivity contribution in [3.05, 3.63) is 30.2 Å². The van der Waals surface area contributed by atoms with E-state index in [1.54, 1.807) is 11.8 Å². The second-order valence-corrected chi connectivity index (χ2v) is 7.95. The van der Waals surface area contributed by atoms with E-state index < -0.39 is 0 Å². The molecule has 1 saturated heterocycles. The number of pyridine rings is 1. The van der Waals surface area contributed by atoms with E-state index in [1.165, 1.54) is 0 Å². The third-order valence-electron chi connectivity index (χ3n) is 4.03. The zero-order valence-electron chi connectivity index (χ0n) is 14.6. The number of hydrogen-bond donors (Lipinski definition) is 2. The molecule has 2 aromatic heterocycles. The molecule has 0 bridgehead atoms. The molecule has 0 aliphatic carbocycles. The Morgan fingerprint density at radius 1 is 1.46 bits per heavy atom. The highest BCUT2D eigenvalue weighted by Crippen LogP contribution is 2.19. The number of carbonyl (C=O) groups excluding carboxylic acids is 1. The number of thioether (sulfide) groups is 2. The summed E-state index contributed by atoms with van der Waals surface area (Å²) < 4.78 is 1.96. The molecule has 26 heavy (non-hydrogen) atoms. The van der Waals surface area contributed by atoms with Crippen molar-refractivity contribution < 1.29 is 4.79 Å². The first-order valence-electron chi connectivity index (χ1n) is 8.17. The van der Waals surface area contributed by atoms with Gasteiger partial charge in [0.15, 0.2) is 11.5 Å². The fraction of sp³-hybridized carbons (Fsp3) is 0.562. The van der Waals surface area contributed by atoms with Gasteiger partial charge in [0.1, 0.15) is 0 Å². The normalized spacial score (nSPS) is 17.8. The van der Waals surface area contributed by atoms with E-state index in [2.05, 4.69) is 27.1 Å². The van der Waals surface area contributed by atoms with Crippen molar-refractivity contribution in [2.75, 3.05) is 30.1 Å². The minimum atomic E-state index is -0.112. The Kier molecular flexibility index (Phi) is 10.7. The molecule has 3 rings (SSSR count). The molecule has 1 fully saturated rings. The molecule has 0 radical (unpaired) electrons. The summed E-state index contributed by atoms with van der Waals surface area (Å²) in [4.78, 5) is 12.5. The molecule has 3 heterocycles. The zero-order chi connectivity index (χ0) is 16.8. The first-order chi connectivity index (χ1) is 11.8. The third kappa shape index (κ3) is 6.20. The van der Waals surface area contributed by atoms with E-state index in [0.29, 0.717) is 6.42 Å². The molecular weight excluding hydrogens is 413 g/mol. The van der Waals surface area contributed by atoms with E-state index in [4.69, 9.17) is 0 Å². The molecule has 2 N–H and O–H groups in total. The molecule has 2 aromatic rings. The van der Waals surface area contributed by atoms with Crippen molar-refractivity contribution in [1.82, 2.24) is 25.2 Å². The number of aromatic nitrogens is 3. The van der Waals surface area contributed by atoms with Crippen LogP contribution in [0.4, 0.5) is 0 Å². The molecule has 146 valence electrons. The minimum absolute atomic E-state index is 0. The molecule has 0 saturated carbocycles. The van der Waals surface area contributed by atoms with Crippen LogP contribution in [0.5, 0.6) is 0 Å². The smallest absolute Gasteiger partial charge is 0.222 e. The highest BCUT2D eigenvalue weighted by molar-refractivity contribution is 7.99. The molecule has 0 spiro atoms. The Morgan fingerprint density at radius 2 is 2.31 bits per heavy atom. The highest BCUT2D eigenvalue weighted by atomic mass is 35.5. The Labute approximate surface area is 174 Å². The van der Waals surface area contributed by atoms with Gasteiger partial charge in [-0.25, -0.2) is 0 Å². The van der Waals surface area contributed by atoms with Crippen molar-refractivity contribution in [3.63, 3.8) is 0 Å². The second kappa shape index (κ2) is 11.9. The summed E-state index contributed by atoms with van der Waals surface area (Å²) in [6.45, 7) is 0.979. The second-order valence-electron chi connectivity index (χ2n) is 5.82. The molecule has 1 amide bonds. The first-order valence-corrected chi connectivity index (χ1v) is 10.7. The average molecular weight is 438 g/mol. The van der Waals surface area contributed by atoms with Crippen molar-refractivity contribution in [3.8, 4) is 0 Å². The quantitative estimate of drug-likeness (QED) is 0.693. The number of carbonyl (C=O) groups is 1. The Balaban J connectivity index is 0.00000169. The summed E-state index contributed by atoms with van der Waals surface area (Å²) in [5.74, 6) is 3.97. The third-order valence-corrected chi connectivity index (χ3v) is 5.80. The van der Waals surface area contributed by atoms with E-state index in [1.807, 2.05) is 40.6 Å². The lowest BCUT2D eigenvalue weighted by molar-refractivity contribution is -0.122. The topological polar surface area (TPSA) is 71.3 Å². The Hall–Kier alpha value is -0.670. The minimum Gasteiger partial charge on any atom is -0.346 e. The summed E-state index contributed by atoms with van der Waals surface area (Å²) in [5, 5.41) is 15.1. The number of fused-ring (bicyclic) bond motifs is 1. The maximum absolute atomic E-state index is 12.5. The van der Waals surface area contributed by atoms with Gasteiger partial charge in [-0.05, 0) is 30.6 Å². The van der Waals surface area contributed by atoms with Crippen LogP contribution >= 0.6 is 48.3 Å². The summed E-state index contributed by atoms with van der Waals surface area (Å²) >= 11 is 3.68. The number of amides is 1. The first kappa shape index (κ1) is 23.4. The number of nitrogens with zero attached hydrogens (tertiary/aromatic N) is 3. The van der Waals surface area contributed by atoms with E-state index in [0.717, 1.165) is 41.7 Å². The number of nitrogens with one attached hydrogen (secondary N) is 2. The summed E-state index contributed by atoms with van der Waals surface area (Å²) in [7, 11) is 0. The standard InChI is InChI=1S/C16H23N5OS2.2ClH/c1-23-8-5-13(16-20-19-14-4-2-3-7-21(14)16)18-15(22)10-12-11-24-9-6-17-12;;/h2-4,7,12-13,17H,5-6,8-11H2,1H3,(H,18,22);2*1H. The Morgan fingerprint density at radius 3 is 3.04 bits per heavy atom. The number of hydrogen-bond acceptors (Lipinski definition) is 6. The van der Waals surface area contributed by atoms with Gasteiger partial charge in [-0.1, -0.05) is 6.07 Å². The molecular formula is C16H25Cl2N5OS2. The van der Waals surface area contributed by atoms with Gasteiger partial charge in [-0.15, -0.1) is 35.0 Å². The predicted octanol–water partition coefficient (Wildman–Crippen LogP) is 2.58. The van der Waals surface area contributed by atoms with Crippen molar-refractivity contribution in [1.29, 1.82) is 0 Å². The average Bonchev–Trinajstić information content (AvgIpc) is 3.03. The predicted molar refractivity (Wildman–Crippen MR) is 115 cm³/mol. The highest BCUT2D eigenvalue weighted by Gasteiger charge is 2.22. The monoisotopic (exact) mass is 437 g/mol. The molecule has 1 aliphatic rings. The molecule has 10 heteroatoms. The zero-order valence-corrected chi connectivity index (χ0v) is 17.9. The van der Waals surface area contributed by atoms with E-state index in [9.17, 15) is 4.79 Å². The summed E-state index contributed by atoms with van der Waals surface area (Å²) in [5.41, 5.74) is 0.807. The maximum atomic E-state index is 12.5. The van der Waals surface area contributed by atoms with Gasteiger partial charge >= 0.3 is 0 Å². The van der Waals surface area contributed by atoms with Crippen molar-refractivity contribution in [2.45, 2.75) is 24.9 Å². The lowest BCUT2D eigenvalue weighted by atomic mass is 10.1. The van der Waals surface area contributed by atoms with Crippen LogP contribution in [-0.4, -0.2) is 56.6 Å². The van der Waals surface area contributed by atoms with Gasteiger partial charge in [0.25, 0.3) is 0 Å². The number of rotatable bonds is 7. The van der Waals surface area contributed by atoms with Crippen LogP contribution in [0, 0.1) is 0 Å². The molecule has 2 atom stereocenters. The van der Waals surface area contributed by atoms with Gasteiger partial charge in [0.2, 0.25) is 5.91 Å². The largest absolute Gasteiger partial charge is 0.346 e. The fourth-order valence-corrected chi connectivity index (χ4v) is 4.25. The van der Waals surface area contributed by atoms with Crippen LogP contribution in [0.25, 0.3) is 5.65 Å². The van der Waals surface area contributed by atoms with Crippen molar-refractivity contribution >= 4 is 59.9 Å². The molecule has 1 aliphatic heterocycles. The van der Waals surface area contributed by atoms with Gasteiger partial charge in [0.05, 0.1) is 6.04 Å². The van der Waals surface area contributed by atoms with Gasteiger partial charge in [0, 0.05) is 36.7 Å². The van der Waals surface area contributed by atoms with Crippen LogP contribution in [0.15, 0.2) is 24.4 Å². The van der Waals surface area contributed by atoms with Gasteiger partial charge < -0.3 is 10.6 Å².